The van der Waals surface area contributed by atoms with Gasteiger partial charge in [0.15, 0.2) is 0 Å². The maximum Gasteiger partial charge on any atom is 0.271 e. The van der Waals surface area contributed by atoms with Crippen LogP contribution in [0.1, 0.15) is 29.6 Å². The lowest BCUT2D eigenvalue weighted by Gasteiger charge is -2.26. The van der Waals surface area contributed by atoms with Crippen LogP contribution in [0.15, 0.2) is 18.5 Å². The van der Waals surface area contributed by atoms with Gasteiger partial charge in [-0.05, 0) is 18.9 Å². The summed E-state index contributed by atoms with van der Waals surface area (Å²) in [5, 5.41) is 1.40. The molecule has 0 saturated carbocycles. The Hall–Kier alpha value is -1.78. The Kier molecular flexibility index (Phi) is 2.71. The molecule has 1 fully saturated rings. The number of carbonyl (C=O) groups is 2. The van der Waals surface area contributed by atoms with Gasteiger partial charge in [0.2, 0.25) is 5.91 Å². The molecule has 15 heavy (non-hydrogen) atoms. The van der Waals surface area contributed by atoms with Gasteiger partial charge < -0.3 is 4.98 Å². The zero-order chi connectivity index (χ0) is 10.7. The molecular formula is C10H13N3O2. The van der Waals surface area contributed by atoms with E-state index in [0.29, 0.717) is 18.5 Å². The Morgan fingerprint density at radius 2 is 2.33 bits per heavy atom. The summed E-state index contributed by atoms with van der Waals surface area (Å²) in [6, 6.07) is 1.67. The number of hydrogen-bond donors (Lipinski definition) is 2. The third-order valence-electron chi connectivity index (χ3n) is 2.42. The molecule has 1 aromatic heterocycles. The van der Waals surface area contributed by atoms with E-state index in [9.17, 15) is 9.59 Å². The molecular weight excluding hydrogens is 194 g/mol. The van der Waals surface area contributed by atoms with Crippen molar-refractivity contribution in [2.45, 2.75) is 19.3 Å². The maximum absolute atomic E-state index is 11.6. The lowest BCUT2D eigenvalue weighted by Crippen LogP contribution is -2.48. The second-order valence-corrected chi connectivity index (χ2v) is 3.54. The van der Waals surface area contributed by atoms with E-state index in [1.807, 2.05) is 0 Å². The van der Waals surface area contributed by atoms with Crippen LogP contribution in [0.2, 0.25) is 0 Å². The van der Waals surface area contributed by atoms with Gasteiger partial charge in [-0.1, -0.05) is 0 Å². The van der Waals surface area contributed by atoms with Gasteiger partial charge in [-0.25, -0.2) is 0 Å². The van der Waals surface area contributed by atoms with E-state index in [1.54, 1.807) is 18.5 Å². The number of H-pyrrole nitrogens is 1. The molecule has 1 aromatic rings. The van der Waals surface area contributed by atoms with Crippen molar-refractivity contribution in [1.29, 1.82) is 0 Å². The van der Waals surface area contributed by atoms with Gasteiger partial charge in [0.05, 0.1) is 5.56 Å². The molecule has 80 valence electrons. The molecule has 2 heterocycles. The number of aromatic nitrogens is 1. The van der Waals surface area contributed by atoms with E-state index >= 15 is 0 Å². The van der Waals surface area contributed by atoms with Gasteiger partial charge in [-0.2, -0.15) is 0 Å². The molecule has 1 saturated heterocycles. The Morgan fingerprint density at radius 3 is 3.00 bits per heavy atom. The highest BCUT2D eigenvalue weighted by molar-refractivity contribution is 5.95. The zero-order valence-corrected chi connectivity index (χ0v) is 8.32. The van der Waals surface area contributed by atoms with Crippen molar-refractivity contribution in [2.75, 3.05) is 6.54 Å². The van der Waals surface area contributed by atoms with E-state index in [0.717, 1.165) is 12.8 Å². The number of aromatic amines is 1. The number of nitrogens with one attached hydrogen (secondary N) is 2. The summed E-state index contributed by atoms with van der Waals surface area (Å²) >= 11 is 0. The SMILES string of the molecule is O=C(NN1CCCCC1=O)c1cc[nH]c1. The van der Waals surface area contributed by atoms with Gasteiger partial charge in [0.1, 0.15) is 0 Å². The summed E-state index contributed by atoms with van der Waals surface area (Å²) < 4.78 is 0. The first kappa shape index (κ1) is 9.76. The zero-order valence-electron chi connectivity index (χ0n) is 8.32. The molecule has 1 aliphatic rings. The monoisotopic (exact) mass is 207 g/mol. The molecule has 0 atom stereocenters. The first-order valence-electron chi connectivity index (χ1n) is 5.01. The van der Waals surface area contributed by atoms with Gasteiger partial charge in [-0.3, -0.25) is 20.0 Å². The summed E-state index contributed by atoms with van der Waals surface area (Å²) in [5.74, 6) is -0.253. The van der Waals surface area contributed by atoms with Gasteiger partial charge in [0, 0.05) is 25.4 Å². The smallest absolute Gasteiger partial charge is 0.271 e. The van der Waals surface area contributed by atoms with Crippen LogP contribution in [0.5, 0.6) is 0 Å². The van der Waals surface area contributed by atoms with Crippen molar-refractivity contribution in [3.05, 3.63) is 24.0 Å². The minimum atomic E-state index is -0.244. The Bertz CT molecular complexity index is 359. The van der Waals surface area contributed by atoms with E-state index in [-0.39, 0.29) is 11.8 Å². The number of piperidine rings is 1. The van der Waals surface area contributed by atoms with E-state index in [1.165, 1.54) is 5.01 Å². The number of rotatable bonds is 2. The minimum Gasteiger partial charge on any atom is -0.367 e. The van der Waals surface area contributed by atoms with E-state index < -0.39 is 0 Å². The molecule has 5 nitrogen and oxygen atoms in total. The van der Waals surface area contributed by atoms with Crippen molar-refractivity contribution >= 4 is 11.8 Å². The van der Waals surface area contributed by atoms with Crippen LogP contribution in [-0.2, 0) is 4.79 Å². The van der Waals surface area contributed by atoms with Crippen LogP contribution >= 0.6 is 0 Å². The van der Waals surface area contributed by atoms with E-state index in [2.05, 4.69) is 10.4 Å². The fraction of sp³-hybridized carbons (Fsp3) is 0.400. The highest BCUT2D eigenvalue weighted by Gasteiger charge is 2.20. The van der Waals surface area contributed by atoms with Crippen LogP contribution in [0.4, 0.5) is 0 Å². The maximum atomic E-state index is 11.6. The molecule has 0 aliphatic carbocycles. The molecule has 0 bridgehead atoms. The van der Waals surface area contributed by atoms with Crippen molar-refractivity contribution in [1.82, 2.24) is 15.4 Å². The number of hydrazine groups is 1. The average molecular weight is 207 g/mol. The molecule has 5 heteroatoms. The quantitative estimate of drug-likeness (QED) is 0.748. The molecule has 1 aliphatic heterocycles. The molecule has 2 rings (SSSR count). The Morgan fingerprint density at radius 1 is 1.47 bits per heavy atom. The standard InChI is InChI=1S/C10H13N3O2/c14-9-3-1-2-6-13(9)12-10(15)8-4-5-11-7-8/h4-5,7,11H,1-3,6H2,(H,12,15). The number of amides is 2. The summed E-state index contributed by atoms with van der Waals surface area (Å²) in [7, 11) is 0. The first-order valence-corrected chi connectivity index (χ1v) is 5.01. The fourth-order valence-electron chi connectivity index (χ4n) is 1.58. The van der Waals surface area contributed by atoms with Crippen molar-refractivity contribution in [3.63, 3.8) is 0 Å². The minimum absolute atomic E-state index is 0.00913. The summed E-state index contributed by atoms with van der Waals surface area (Å²) in [6.07, 6.45) is 5.65. The molecule has 2 amide bonds. The third-order valence-corrected chi connectivity index (χ3v) is 2.42. The topological polar surface area (TPSA) is 65.2 Å². The van der Waals surface area contributed by atoms with Gasteiger partial charge in [0.25, 0.3) is 5.91 Å². The highest BCUT2D eigenvalue weighted by Crippen LogP contribution is 2.08. The molecule has 0 unspecified atom stereocenters. The fourth-order valence-corrected chi connectivity index (χ4v) is 1.58. The molecule has 2 N–H and O–H groups in total. The van der Waals surface area contributed by atoms with Crippen molar-refractivity contribution in [2.24, 2.45) is 0 Å². The highest BCUT2D eigenvalue weighted by atomic mass is 16.2. The lowest BCUT2D eigenvalue weighted by atomic mass is 10.1. The van der Waals surface area contributed by atoms with Gasteiger partial charge in [-0.15, -0.1) is 0 Å². The normalized spacial score (nSPS) is 16.5. The molecule has 0 radical (unpaired) electrons. The summed E-state index contributed by atoms with van der Waals surface area (Å²) in [5.41, 5.74) is 3.13. The van der Waals surface area contributed by atoms with E-state index in [4.69, 9.17) is 0 Å². The largest absolute Gasteiger partial charge is 0.367 e. The Labute approximate surface area is 87.4 Å². The van der Waals surface area contributed by atoms with Crippen LogP contribution in [-0.4, -0.2) is 28.4 Å². The third kappa shape index (κ3) is 2.18. The number of hydrogen-bond acceptors (Lipinski definition) is 2. The number of nitrogens with zero attached hydrogens (tertiary/aromatic N) is 1. The second-order valence-electron chi connectivity index (χ2n) is 3.54. The lowest BCUT2D eigenvalue weighted by molar-refractivity contribution is -0.135. The summed E-state index contributed by atoms with van der Waals surface area (Å²) in [6.45, 7) is 0.606. The molecule has 0 spiro atoms. The van der Waals surface area contributed by atoms with Crippen molar-refractivity contribution < 1.29 is 9.59 Å². The predicted molar refractivity (Wildman–Crippen MR) is 53.8 cm³/mol. The molecule has 0 aromatic carbocycles. The predicted octanol–water partition coefficient (Wildman–Crippen LogP) is 0.672. The summed E-state index contributed by atoms with van der Waals surface area (Å²) in [4.78, 5) is 25.8. The number of carbonyl (C=O) groups excluding carboxylic acids is 2. The average Bonchev–Trinajstić information content (AvgIpc) is 2.74. The van der Waals surface area contributed by atoms with Crippen LogP contribution in [0.3, 0.4) is 0 Å². The second kappa shape index (κ2) is 4.16. The van der Waals surface area contributed by atoms with Crippen LogP contribution in [0.25, 0.3) is 0 Å². The van der Waals surface area contributed by atoms with Crippen molar-refractivity contribution in [3.8, 4) is 0 Å². The van der Waals surface area contributed by atoms with Crippen LogP contribution < -0.4 is 5.43 Å². The van der Waals surface area contributed by atoms with Crippen LogP contribution in [0, 0.1) is 0 Å². The van der Waals surface area contributed by atoms with Gasteiger partial charge >= 0.3 is 0 Å². The Balaban J connectivity index is 1.96. The first-order chi connectivity index (χ1) is 7.27.